The van der Waals surface area contributed by atoms with Gasteiger partial charge in [0.1, 0.15) is 6.23 Å². The van der Waals surface area contributed by atoms with Gasteiger partial charge in [0.15, 0.2) is 17.3 Å². The molecular formula is C27H39NO4. The number of anilines is 1. The van der Waals surface area contributed by atoms with Crippen LogP contribution < -0.4 is 14.8 Å². The number of ketones is 1. The lowest BCUT2D eigenvalue weighted by atomic mass is 9.83. The molecule has 2 aromatic carbocycles. The lowest BCUT2D eigenvalue weighted by molar-refractivity contribution is 0.0975. The molecule has 176 valence electrons. The van der Waals surface area contributed by atoms with E-state index in [-0.39, 0.29) is 23.7 Å². The van der Waals surface area contributed by atoms with Gasteiger partial charge in [0.2, 0.25) is 0 Å². The molecule has 2 aromatic rings. The third-order valence-corrected chi connectivity index (χ3v) is 6.08. The number of carbonyl (C=O) groups is 1. The predicted octanol–water partition coefficient (Wildman–Crippen LogP) is 5.88. The van der Waals surface area contributed by atoms with Crippen LogP contribution in [0.5, 0.6) is 11.5 Å². The second kappa shape index (κ2) is 11.9. The molecule has 2 rings (SSSR count). The fourth-order valence-electron chi connectivity index (χ4n) is 4.02. The second-order valence-corrected chi connectivity index (χ2v) is 8.74. The van der Waals surface area contributed by atoms with Crippen molar-refractivity contribution in [3.05, 3.63) is 53.1 Å². The van der Waals surface area contributed by atoms with Crippen molar-refractivity contribution in [3.8, 4) is 11.5 Å². The highest BCUT2D eigenvalue weighted by molar-refractivity contribution is 6.00. The van der Waals surface area contributed by atoms with Gasteiger partial charge in [0, 0.05) is 17.5 Å². The lowest BCUT2D eigenvalue weighted by Crippen LogP contribution is -2.35. The minimum Gasteiger partial charge on any atom is -0.493 e. The molecule has 0 heterocycles. The van der Waals surface area contributed by atoms with Gasteiger partial charge in [-0.3, -0.25) is 4.79 Å². The first-order valence-corrected chi connectivity index (χ1v) is 11.6. The Labute approximate surface area is 193 Å². The van der Waals surface area contributed by atoms with Crippen LogP contribution in [0.4, 0.5) is 5.69 Å². The van der Waals surface area contributed by atoms with E-state index in [1.165, 1.54) is 18.1 Å². The van der Waals surface area contributed by atoms with E-state index in [0.717, 1.165) is 19.3 Å². The zero-order valence-electron chi connectivity index (χ0n) is 20.6. The summed E-state index contributed by atoms with van der Waals surface area (Å²) in [6.07, 6.45) is 1.78. The molecule has 0 aliphatic heterocycles. The topological polar surface area (TPSA) is 67.8 Å². The number of nitrogens with one attached hydrogen (secondary N) is 1. The predicted molar refractivity (Wildman–Crippen MR) is 131 cm³/mol. The van der Waals surface area contributed by atoms with E-state index in [9.17, 15) is 9.90 Å². The van der Waals surface area contributed by atoms with Crippen molar-refractivity contribution in [1.82, 2.24) is 0 Å². The van der Waals surface area contributed by atoms with Crippen LogP contribution in [-0.4, -0.2) is 30.3 Å². The highest BCUT2D eigenvalue weighted by Crippen LogP contribution is 2.36. The molecule has 0 amide bonds. The first kappa shape index (κ1) is 25.7. The van der Waals surface area contributed by atoms with Crippen LogP contribution >= 0.6 is 0 Å². The number of benzene rings is 2. The van der Waals surface area contributed by atoms with E-state index in [2.05, 4.69) is 50.4 Å². The summed E-state index contributed by atoms with van der Waals surface area (Å²) in [7, 11) is 1.55. The molecular weight excluding hydrogens is 402 g/mol. The summed E-state index contributed by atoms with van der Waals surface area (Å²) in [5.74, 6) is 1.19. The zero-order chi connectivity index (χ0) is 23.8. The smallest absolute Gasteiger partial charge is 0.163 e. The van der Waals surface area contributed by atoms with Crippen LogP contribution in [0.3, 0.4) is 0 Å². The Bertz CT molecular complexity index is 893. The summed E-state index contributed by atoms with van der Waals surface area (Å²) in [6.45, 7) is 11.8. The molecule has 0 saturated heterocycles. The molecule has 5 nitrogen and oxygen atoms in total. The summed E-state index contributed by atoms with van der Waals surface area (Å²) >= 11 is 0. The Morgan fingerprint density at radius 3 is 2.25 bits per heavy atom. The van der Waals surface area contributed by atoms with Crippen molar-refractivity contribution in [2.24, 2.45) is 11.8 Å². The number of ether oxygens (including phenoxy) is 2. The van der Waals surface area contributed by atoms with Crippen LogP contribution in [-0.2, 0) is 12.8 Å². The van der Waals surface area contributed by atoms with Gasteiger partial charge in [0.05, 0.1) is 18.9 Å². The van der Waals surface area contributed by atoms with Gasteiger partial charge in [-0.05, 0) is 56.7 Å². The van der Waals surface area contributed by atoms with Gasteiger partial charge in [0.25, 0.3) is 0 Å². The number of rotatable bonds is 12. The van der Waals surface area contributed by atoms with Crippen molar-refractivity contribution in [3.63, 3.8) is 0 Å². The standard InChI is InChI=1S/C27H39NO4/c1-8-18(5)22(14-21-13-11-10-12-20(21)9-2)27(30)28-24-16-26(32-17(3)4)25(31-7)15-23(24)19(6)29/h10-13,15-18,22,27-28,30H,8-9,14H2,1-7H3/t18-,22?,27?/m1/s1. The number of carbonyl (C=O) groups excluding carboxylic acids is 1. The quantitative estimate of drug-likeness (QED) is 0.318. The van der Waals surface area contributed by atoms with Gasteiger partial charge in [-0.25, -0.2) is 0 Å². The number of hydrogen-bond donors (Lipinski definition) is 2. The van der Waals surface area contributed by atoms with Gasteiger partial charge in [-0.15, -0.1) is 0 Å². The zero-order valence-corrected chi connectivity index (χ0v) is 20.6. The Balaban J connectivity index is 2.41. The number of Topliss-reactive ketones (excluding diaryl/α,β-unsaturated/α-hetero) is 1. The molecule has 5 heteroatoms. The van der Waals surface area contributed by atoms with Crippen LogP contribution in [0, 0.1) is 11.8 Å². The third kappa shape index (κ3) is 6.49. The van der Waals surface area contributed by atoms with E-state index in [1.807, 2.05) is 13.8 Å². The monoisotopic (exact) mass is 441 g/mol. The minimum atomic E-state index is -0.826. The van der Waals surface area contributed by atoms with E-state index >= 15 is 0 Å². The van der Waals surface area contributed by atoms with Crippen molar-refractivity contribution < 1.29 is 19.4 Å². The van der Waals surface area contributed by atoms with Crippen molar-refractivity contribution in [2.45, 2.75) is 73.1 Å². The Kier molecular flexibility index (Phi) is 9.58. The molecule has 0 fully saturated rings. The van der Waals surface area contributed by atoms with Crippen LogP contribution in [0.2, 0.25) is 0 Å². The summed E-state index contributed by atoms with van der Waals surface area (Å²) in [6, 6.07) is 11.8. The van der Waals surface area contributed by atoms with Gasteiger partial charge in [-0.2, -0.15) is 0 Å². The van der Waals surface area contributed by atoms with Gasteiger partial charge >= 0.3 is 0 Å². The molecule has 32 heavy (non-hydrogen) atoms. The fraction of sp³-hybridized carbons (Fsp3) is 0.519. The van der Waals surface area contributed by atoms with Gasteiger partial charge < -0.3 is 19.9 Å². The molecule has 0 aliphatic carbocycles. The van der Waals surface area contributed by atoms with Crippen molar-refractivity contribution >= 4 is 11.5 Å². The summed E-state index contributed by atoms with van der Waals surface area (Å²) in [5.41, 5.74) is 3.58. The fourth-order valence-corrected chi connectivity index (χ4v) is 4.02. The maximum Gasteiger partial charge on any atom is 0.163 e. The van der Waals surface area contributed by atoms with E-state index in [0.29, 0.717) is 22.7 Å². The number of aryl methyl sites for hydroxylation is 1. The number of hydrogen-bond acceptors (Lipinski definition) is 5. The van der Waals surface area contributed by atoms with E-state index in [4.69, 9.17) is 9.47 Å². The van der Waals surface area contributed by atoms with Crippen LogP contribution in [0.15, 0.2) is 36.4 Å². The number of methoxy groups -OCH3 is 1. The molecule has 0 spiro atoms. The third-order valence-electron chi connectivity index (χ3n) is 6.08. The molecule has 0 aromatic heterocycles. The average Bonchev–Trinajstić information content (AvgIpc) is 2.76. The molecule has 2 unspecified atom stereocenters. The van der Waals surface area contributed by atoms with Gasteiger partial charge in [-0.1, -0.05) is 51.5 Å². The molecule has 0 aliphatic rings. The SMILES string of the molecule is CCc1ccccc1CC(C(O)Nc1cc(OC(C)C)c(OC)cc1C(C)=O)[C@H](C)CC. The first-order chi connectivity index (χ1) is 15.2. The lowest BCUT2D eigenvalue weighted by Gasteiger charge is -2.31. The second-order valence-electron chi connectivity index (χ2n) is 8.74. The average molecular weight is 442 g/mol. The van der Waals surface area contributed by atoms with E-state index < -0.39 is 6.23 Å². The van der Waals surface area contributed by atoms with E-state index in [1.54, 1.807) is 19.2 Å². The van der Waals surface area contributed by atoms with Crippen LogP contribution in [0.25, 0.3) is 0 Å². The molecule has 2 N–H and O–H groups in total. The van der Waals surface area contributed by atoms with Crippen molar-refractivity contribution in [2.75, 3.05) is 12.4 Å². The Hall–Kier alpha value is -2.53. The Morgan fingerprint density at radius 1 is 1.06 bits per heavy atom. The number of aliphatic hydroxyl groups excluding tert-OH is 1. The molecule has 0 bridgehead atoms. The summed E-state index contributed by atoms with van der Waals surface area (Å²) in [5, 5.41) is 14.5. The number of aliphatic hydroxyl groups is 1. The highest BCUT2D eigenvalue weighted by atomic mass is 16.5. The summed E-state index contributed by atoms with van der Waals surface area (Å²) in [4.78, 5) is 12.4. The Morgan fingerprint density at radius 2 is 1.72 bits per heavy atom. The minimum absolute atomic E-state index is 0.0240. The highest BCUT2D eigenvalue weighted by Gasteiger charge is 2.27. The molecule has 3 atom stereocenters. The van der Waals surface area contributed by atoms with Crippen LogP contribution in [0.1, 0.15) is 69.4 Å². The molecule has 0 saturated carbocycles. The maximum atomic E-state index is 12.4. The largest absolute Gasteiger partial charge is 0.493 e. The maximum absolute atomic E-state index is 12.4. The molecule has 0 radical (unpaired) electrons. The van der Waals surface area contributed by atoms with Crippen molar-refractivity contribution in [1.29, 1.82) is 0 Å². The first-order valence-electron chi connectivity index (χ1n) is 11.6. The normalized spacial score (nSPS) is 14.0. The summed E-state index contributed by atoms with van der Waals surface area (Å²) < 4.78 is 11.3.